The van der Waals surface area contributed by atoms with Gasteiger partial charge in [0, 0.05) is 5.02 Å². The van der Waals surface area contributed by atoms with Crippen LogP contribution in [0.4, 0.5) is 8.78 Å². The van der Waals surface area contributed by atoms with Crippen molar-refractivity contribution in [3.63, 3.8) is 0 Å². The summed E-state index contributed by atoms with van der Waals surface area (Å²) in [5.74, 6) is -4.94. The molecule has 2 atom stereocenters. The third-order valence-corrected chi connectivity index (χ3v) is 6.19. The minimum atomic E-state index is -4.13. The van der Waals surface area contributed by atoms with Crippen molar-refractivity contribution in [2.45, 2.75) is 22.8 Å². The second kappa shape index (κ2) is 7.05. The molecule has 1 aliphatic rings. The quantitative estimate of drug-likeness (QED) is 0.629. The Morgan fingerprint density at radius 1 is 1.21 bits per heavy atom. The van der Waals surface area contributed by atoms with Crippen LogP contribution in [0.25, 0.3) is 11.4 Å². The smallest absolute Gasteiger partial charge is 0.278 e. The summed E-state index contributed by atoms with van der Waals surface area (Å²) in [6, 6.07) is 10.2. The molecule has 0 radical (unpaired) electrons. The first-order valence-electron chi connectivity index (χ1n) is 8.37. The zero-order valence-corrected chi connectivity index (χ0v) is 16.4. The molecule has 1 aromatic heterocycles. The van der Waals surface area contributed by atoms with E-state index in [0.717, 1.165) is 0 Å². The molecule has 11 heteroatoms. The summed E-state index contributed by atoms with van der Waals surface area (Å²) in [7, 11) is -2.70. The normalized spacial score (nSPS) is 20.4. The number of nitrogens with zero attached hydrogens (tertiary/aromatic N) is 2. The number of nitrogens with one attached hydrogen (secondary N) is 1. The number of benzene rings is 2. The third kappa shape index (κ3) is 3.59. The second-order valence-electron chi connectivity index (χ2n) is 6.37. The van der Waals surface area contributed by atoms with E-state index in [2.05, 4.69) is 10.1 Å². The van der Waals surface area contributed by atoms with Gasteiger partial charge >= 0.3 is 0 Å². The number of alkyl halides is 2. The summed E-state index contributed by atoms with van der Waals surface area (Å²) in [6.45, 7) is 0. The van der Waals surface area contributed by atoms with Crippen LogP contribution < -0.4 is 9.46 Å². The number of sulfonamides is 1. The van der Waals surface area contributed by atoms with Gasteiger partial charge in [0.25, 0.3) is 5.92 Å². The summed E-state index contributed by atoms with van der Waals surface area (Å²) in [5, 5.41) is 4.09. The minimum Gasteiger partial charge on any atom is -0.496 e. The molecule has 29 heavy (non-hydrogen) atoms. The molecule has 2 unspecified atom stereocenters. The van der Waals surface area contributed by atoms with Crippen molar-refractivity contribution in [2.75, 3.05) is 7.11 Å². The molecular weight excluding hydrogens is 428 g/mol. The lowest BCUT2D eigenvalue weighted by molar-refractivity contribution is 0.0985. The molecule has 0 saturated heterocycles. The Morgan fingerprint density at radius 2 is 1.93 bits per heavy atom. The standard InChI is InChI=1S/C18H14ClF2N3O4S/c1-27-13-8-7-10(19)9-12(13)16-22-17(28-23-16)14-15(18(14,20)21)24-29(25,26)11-5-3-2-4-6-11/h2-9,14-15,24H,1H3. The first kappa shape index (κ1) is 19.7. The van der Waals surface area contributed by atoms with Gasteiger partial charge in [0.1, 0.15) is 17.7 Å². The van der Waals surface area contributed by atoms with Crippen LogP contribution in [0.5, 0.6) is 5.75 Å². The summed E-state index contributed by atoms with van der Waals surface area (Å²) in [5.41, 5.74) is 0.361. The monoisotopic (exact) mass is 441 g/mol. The van der Waals surface area contributed by atoms with E-state index >= 15 is 0 Å². The molecule has 0 amide bonds. The molecule has 3 aromatic rings. The van der Waals surface area contributed by atoms with E-state index in [1.807, 2.05) is 4.72 Å². The zero-order chi connectivity index (χ0) is 20.8. The number of rotatable bonds is 6. The van der Waals surface area contributed by atoms with Gasteiger partial charge in [-0.2, -0.15) is 4.98 Å². The van der Waals surface area contributed by atoms with Crippen LogP contribution in [0.2, 0.25) is 5.02 Å². The van der Waals surface area contributed by atoms with Crippen molar-refractivity contribution < 1.29 is 26.5 Å². The topological polar surface area (TPSA) is 94.3 Å². The maximum absolute atomic E-state index is 14.3. The van der Waals surface area contributed by atoms with E-state index in [1.165, 1.54) is 37.4 Å². The first-order valence-corrected chi connectivity index (χ1v) is 10.2. The van der Waals surface area contributed by atoms with Gasteiger partial charge in [-0.05, 0) is 30.3 Å². The van der Waals surface area contributed by atoms with Gasteiger partial charge in [-0.1, -0.05) is 35.0 Å². The lowest BCUT2D eigenvalue weighted by Gasteiger charge is -2.05. The molecule has 7 nitrogen and oxygen atoms in total. The molecule has 0 spiro atoms. The van der Waals surface area contributed by atoms with Crippen molar-refractivity contribution in [3.8, 4) is 17.1 Å². The van der Waals surface area contributed by atoms with Gasteiger partial charge in [-0.25, -0.2) is 21.9 Å². The largest absolute Gasteiger partial charge is 0.496 e. The molecule has 1 heterocycles. The zero-order valence-electron chi connectivity index (χ0n) is 14.8. The van der Waals surface area contributed by atoms with Crippen LogP contribution in [-0.2, 0) is 10.0 Å². The Labute approximate surface area is 169 Å². The van der Waals surface area contributed by atoms with Gasteiger partial charge in [0.15, 0.2) is 0 Å². The van der Waals surface area contributed by atoms with E-state index in [1.54, 1.807) is 18.2 Å². The van der Waals surface area contributed by atoms with Crippen molar-refractivity contribution >= 4 is 21.6 Å². The van der Waals surface area contributed by atoms with Crippen LogP contribution in [0, 0.1) is 0 Å². The molecule has 1 aliphatic carbocycles. The number of methoxy groups -OCH3 is 1. The summed E-state index contributed by atoms with van der Waals surface area (Å²) in [6.07, 6.45) is 0. The molecule has 1 fully saturated rings. The van der Waals surface area contributed by atoms with Crippen LogP contribution in [0.1, 0.15) is 11.8 Å². The lowest BCUT2D eigenvalue weighted by Crippen LogP contribution is -2.29. The van der Waals surface area contributed by atoms with Crippen LogP contribution in [0.3, 0.4) is 0 Å². The Balaban J connectivity index is 1.60. The van der Waals surface area contributed by atoms with E-state index in [9.17, 15) is 17.2 Å². The maximum atomic E-state index is 14.3. The van der Waals surface area contributed by atoms with Gasteiger partial charge in [-0.15, -0.1) is 0 Å². The van der Waals surface area contributed by atoms with Gasteiger partial charge in [-0.3, -0.25) is 0 Å². The predicted molar refractivity (Wildman–Crippen MR) is 99.5 cm³/mol. The predicted octanol–water partition coefficient (Wildman–Crippen LogP) is 3.48. The summed E-state index contributed by atoms with van der Waals surface area (Å²) >= 11 is 5.97. The molecule has 4 rings (SSSR count). The van der Waals surface area contributed by atoms with Crippen molar-refractivity contribution in [1.29, 1.82) is 0 Å². The highest BCUT2D eigenvalue weighted by Crippen LogP contribution is 2.56. The number of hydrogen-bond acceptors (Lipinski definition) is 6. The van der Waals surface area contributed by atoms with Crippen molar-refractivity contribution in [2.24, 2.45) is 0 Å². The fourth-order valence-electron chi connectivity index (χ4n) is 2.94. The second-order valence-corrected chi connectivity index (χ2v) is 8.52. The summed E-state index contributed by atoms with van der Waals surface area (Å²) in [4.78, 5) is 3.90. The number of halogens is 3. The number of hydrogen-bond donors (Lipinski definition) is 1. The van der Waals surface area contributed by atoms with E-state index < -0.39 is 27.9 Å². The molecule has 1 N–H and O–H groups in total. The highest BCUT2D eigenvalue weighted by atomic mass is 35.5. The van der Waals surface area contributed by atoms with Crippen molar-refractivity contribution in [3.05, 3.63) is 59.4 Å². The number of aromatic nitrogens is 2. The van der Waals surface area contributed by atoms with Gasteiger partial charge in [0.2, 0.25) is 21.7 Å². The average molecular weight is 442 g/mol. The van der Waals surface area contributed by atoms with E-state index in [4.69, 9.17) is 20.9 Å². The molecule has 0 bridgehead atoms. The van der Waals surface area contributed by atoms with Gasteiger partial charge in [0.05, 0.1) is 17.6 Å². The Morgan fingerprint density at radius 3 is 2.62 bits per heavy atom. The first-order chi connectivity index (χ1) is 13.7. The highest BCUT2D eigenvalue weighted by Gasteiger charge is 2.73. The molecule has 0 aliphatic heterocycles. The molecular formula is C18H14ClF2N3O4S. The molecule has 2 aromatic carbocycles. The van der Waals surface area contributed by atoms with Crippen molar-refractivity contribution in [1.82, 2.24) is 14.9 Å². The van der Waals surface area contributed by atoms with Crippen LogP contribution in [-0.4, -0.2) is 37.6 Å². The highest BCUT2D eigenvalue weighted by molar-refractivity contribution is 7.89. The third-order valence-electron chi connectivity index (χ3n) is 4.50. The van der Waals surface area contributed by atoms with Crippen LogP contribution >= 0.6 is 11.6 Å². The van der Waals surface area contributed by atoms with Crippen LogP contribution in [0.15, 0.2) is 57.9 Å². The van der Waals surface area contributed by atoms with E-state index in [0.29, 0.717) is 16.3 Å². The lowest BCUT2D eigenvalue weighted by atomic mass is 10.2. The van der Waals surface area contributed by atoms with Gasteiger partial charge < -0.3 is 9.26 Å². The fourth-order valence-corrected chi connectivity index (χ4v) is 4.39. The molecule has 152 valence electrons. The molecule has 1 saturated carbocycles. The Hall–Kier alpha value is -2.56. The SMILES string of the molecule is COc1ccc(Cl)cc1-c1noc(C2C(NS(=O)(=O)c3ccccc3)C2(F)F)n1. The van der Waals surface area contributed by atoms with E-state index in [-0.39, 0.29) is 16.6 Å². The minimum absolute atomic E-state index is 0.00622. The average Bonchev–Trinajstić information content (AvgIpc) is 3.03. The number of ether oxygens (including phenoxy) is 1. The Kier molecular flexibility index (Phi) is 4.80. The maximum Gasteiger partial charge on any atom is 0.278 e. The summed E-state index contributed by atoms with van der Waals surface area (Å²) < 4.78 is 65.5. The fraction of sp³-hybridized carbons (Fsp3) is 0.222. The Bertz CT molecular complexity index is 1150.